The van der Waals surface area contributed by atoms with Gasteiger partial charge in [0.15, 0.2) is 0 Å². The van der Waals surface area contributed by atoms with Gasteiger partial charge in [-0.05, 0) is 37.1 Å². The van der Waals surface area contributed by atoms with E-state index in [2.05, 4.69) is 37.9 Å². The van der Waals surface area contributed by atoms with E-state index in [0.717, 1.165) is 32.5 Å². The molecule has 3 atom stereocenters. The van der Waals surface area contributed by atoms with Crippen LogP contribution in [-0.2, 0) is 4.79 Å². The summed E-state index contributed by atoms with van der Waals surface area (Å²) < 4.78 is 0. The van der Waals surface area contributed by atoms with Gasteiger partial charge >= 0.3 is 0 Å². The maximum absolute atomic E-state index is 12.3. The average Bonchev–Trinajstić information content (AvgIpc) is 2.96. The van der Waals surface area contributed by atoms with E-state index in [9.17, 15) is 4.79 Å². The van der Waals surface area contributed by atoms with E-state index in [-0.39, 0.29) is 5.41 Å². The van der Waals surface area contributed by atoms with Crippen LogP contribution in [0.5, 0.6) is 0 Å². The largest absolute Gasteiger partial charge is 0.342 e. The van der Waals surface area contributed by atoms with E-state index in [1.54, 1.807) is 0 Å². The Kier molecular flexibility index (Phi) is 4.00. The number of nitrogens with zero attached hydrogens (tertiary/aromatic N) is 1. The third-order valence-corrected chi connectivity index (χ3v) is 4.68. The minimum Gasteiger partial charge on any atom is -0.342 e. The van der Waals surface area contributed by atoms with Gasteiger partial charge in [0.25, 0.3) is 0 Å². The maximum atomic E-state index is 12.3. The van der Waals surface area contributed by atoms with Crippen molar-refractivity contribution in [3.63, 3.8) is 0 Å². The lowest BCUT2D eigenvalue weighted by atomic mass is 9.93. The Morgan fingerprint density at radius 2 is 2.11 bits per heavy atom. The molecule has 1 saturated carbocycles. The van der Waals surface area contributed by atoms with E-state index in [0.29, 0.717) is 23.8 Å². The van der Waals surface area contributed by atoms with Crippen molar-refractivity contribution in [2.45, 2.75) is 53.0 Å². The third-order valence-electron chi connectivity index (χ3n) is 4.68. The van der Waals surface area contributed by atoms with Crippen LogP contribution in [0.3, 0.4) is 0 Å². The maximum Gasteiger partial charge on any atom is 0.226 e. The van der Waals surface area contributed by atoms with Crippen molar-refractivity contribution in [3.05, 3.63) is 0 Å². The van der Waals surface area contributed by atoms with Crippen LogP contribution in [0, 0.1) is 17.3 Å². The molecule has 0 bridgehead atoms. The fourth-order valence-corrected chi connectivity index (χ4v) is 3.09. The normalized spacial score (nSPS) is 34.4. The summed E-state index contributed by atoms with van der Waals surface area (Å²) in [6, 6.07) is 0.598. The van der Waals surface area contributed by atoms with Crippen LogP contribution < -0.4 is 5.32 Å². The van der Waals surface area contributed by atoms with Crippen LogP contribution >= 0.6 is 0 Å². The van der Waals surface area contributed by atoms with Gasteiger partial charge in [-0.15, -0.1) is 0 Å². The number of rotatable bonds is 4. The highest BCUT2D eigenvalue weighted by molar-refractivity contribution is 5.82. The Labute approximate surface area is 111 Å². The second kappa shape index (κ2) is 5.20. The number of nitrogens with one attached hydrogen (secondary N) is 1. The summed E-state index contributed by atoms with van der Waals surface area (Å²) in [4.78, 5) is 14.5. The summed E-state index contributed by atoms with van der Waals surface area (Å²) in [5, 5.41) is 3.60. The SMILES string of the molecule is CCCNC1CCN(C(=O)C2CC2(C)C)CC1C. The zero-order valence-corrected chi connectivity index (χ0v) is 12.3. The van der Waals surface area contributed by atoms with Gasteiger partial charge in [0.2, 0.25) is 5.91 Å². The number of likely N-dealkylation sites (tertiary alicyclic amines) is 1. The molecule has 3 heteroatoms. The molecule has 1 N–H and O–H groups in total. The quantitative estimate of drug-likeness (QED) is 0.832. The zero-order valence-electron chi connectivity index (χ0n) is 12.3. The van der Waals surface area contributed by atoms with Crippen molar-refractivity contribution in [1.82, 2.24) is 10.2 Å². The molecule has 0 aromatic carbocycles. The molecular weight excluding hydrogens is 224 g/mol. The summed E-state index contributed by atoms with van der Waals surface area (Å²) in [6.07, 6.45) is 3.37. The lowest BCUT2D eigenvalue weighted by Gasteiger charge is -2.37. The number of carbonyl (C=O) groups is 1. The molecule has 0 radical (unpaired) electrons. The first-order valence-corrected chi connectivity index (χ1v) is 7.48. The third kappa shape index (κ3) is 2.87. The average molecular weight is 252 g/mol. The molecule has 2 rings (SSSR count). The topological polar surface area (TPSA) is 32.3 Å². The molecule has 104 valence electrons. The van der Waals surface area contributed by atoms with Gasteiger partial charge in [-0.2, -0.15) is 0 Å². The molecule has 1 saturated heterocycles. The first kappa shape index (κ1) is 13.9. The first-order valence-electron chi connectivity index (χ1n) is 7.48. The van der Waals surface area contributed by atoms with Crippen molar-refractivity contribution in [1.29, 1.82) is 0 Å². The number of hydrogen-bond acceptors (Lipinski definition) is 2. The molecule has 18 heavy (non-hydrogen) atoms. The minimum atomic E-state index is 0.262. The Hall–Kier alpha value is -0.570. The second-order valence-corrected chi connectivity index (χ2v) is 6.86. The van der Waals surface area contributed by atoms with Gasteiger partial charge in [-0.3, -0.25) is 4.79 Å². The molecule has 3 nitrogen and oxygen atoms in total. The Balaban J connectivity index is 1.83. The van der Waals surface area contributed by atoms with E-state index in [1.165, 1.54) is 6.42 Å². The van der Waals surface area contributed by atoms with Gasteiger partial charge in [-0.1, -0.05) is 27.7 Å². The molecule has 1 heterocycles. The van der Waals surface area contributed by atoms with Crippen LogP contribution in [0.15, 0.2) is 0 Å². The summed E-state index contributed by atoms with van der Waals surface area (Å²) >= 11 is 0. The van der Waals surface area contributed by atoms with Crippen molar-refractivity contribution in [3.8, 4) is 0 Å². The van der Waals surface area contributed by atoms with E-state index in [4.69, 9.17) is 0 Å². The van der Waals surface area contributed by atoms with Crippen LogP contribution in [0.4, 0.5) is 0 Å². The predicted octanol–water partition coefficient (Wildman–Crippen LogP) is 2.27. The zero-order chi connectivity index (χ0) is 13.3. The van der Waals surface area contributed by atoms with Crippen molar-refractivity contribution >= 4 is 5.91 Å². The molecular formula is C15H28N2O. The molecule has 1 aliphatic heterocycles. The number of carbonyl (C=O) groups excluding carboxylic acids is 1. The molecule has 2 fully saturated rings. The number of amides is 1. The Bertz CT molecular complexity index is 314. The number of hydrogen-bond donors (Lipinski definition) is 1. The summed E-state index contributed by atoms with van der Waals surface area (Å²) in [6.45, 7) is 11.8. The molecule has 0 aromatic rings. The highest BCUT2D eigenvalue weighted by Crippen LogP contribution is 2.52. The van der Waals surface area contributed by atoms with Crippen molar-refractivity contribution in [2.24, 2.45) is 17.3 Å². The summed E-state index contributed by atoms with van der Waals surface area (Å²) in [7, 11) is 0. The molecule has 0 aromatic heterocycles. The van der Waals surface area contributed by atoms with Gasteiger partial charge in [0.05, 0.1) is 0 Å². The van der Waals surface area contributed by atoms with Gasteiger partial charge < -0.3 is 10.2 Å². The van der Waals surface area contributed by atoms with E-state index in [1.807, 2.05) is 0 Å². The highest BCUT2D eigenvalue weighted by atomic mass is 16.2. The van der Waals surface area contributed by atoms with Gasteiger partial charge in [-0.25, -0.2) is 0 Å². The fraction of sp³-hybridized carbons (Fsp3) is 0.933. The van der Waals surface area contributed by atoms with E-state index >= 15 is 0 Å². The standard InChI is InChI=1S/C15H28N2O/c1-5-7-16-13-6-8-17(10-11(13)2)14(18)12-9-15(12,3)4/h11-13,16H,5-10H2,1-4H3. The first-order chi connectivity index (χ1) is 8.45. The van der Waals surface area contributed by atoms with Crippen molar-refractivity contribution in [2.75, 3.05) is 19.6 Å². The fourth-order valence-electron chi connectivity index (χ4n) is 3.09. The molecule has 1 amide bonds. The smallest absolute Gasteiger partial charge is 0.226 e. The highest BCUT2D eigenvalue weighted by Gasteiger charge is 2.52. The van der Waals surface area contributed by atoms with Crippen LogP contribution in [0.25, 0.3) is 0 Å². The summed E-state index contributed by atoms with van der Waals surface area (Å²) in [5.74, 6) is 1.28. The Morgan fingerprint density at radius 3 is 2.61 bits per heavy atom. The molecule has 2 aliphatic rings. The lowest BCUT2D eigenvalue weighted by molar-refractivity contribution is -0.135. The summed E-state index contributed by atoms with van der Waals surface area (Å²) in [5.41, 5.74) is 0.262. The van der Waals surface area contributed by atoms with Gasteiger partial charge in [0, 0.05) is 25.0 Å². The van der Waals surface area contributed by atoms with E-state index < -0.39 is 0 Å². The van der Waals surface area contributed by atoms with Crippen LogP contribution in [-0.4, -0.2) is 36.5 Å². The van der Waals surface area contributed by atoms with Gasteiger partial charge in [0.1, 0.15) is 0 Å². The molecule has 1 aliphatic carbocycles. The van der Waals surface area contributed by atoms with Crippen LogP contribution in [0.2, 0.25) is 0 Å². The van der Waals surface area contributed by atoms with Crippen molar-refractivity contribution < 1.29 is 4.79 Å². The monoisotopic (exact) mass is 252 g/mol. The predicted molar refractivity (Wildman–Crippen MR) is 74.3 cm³/mol. The molecule has 0 spiro atoms. The number of piperidine rings is 1. The minimum absolute atomic E-state index is 0.262. The molecule has 3 unspecified atom stereocenters. The second-order valence-electron chi connectivity index (χ2n) is 6.86. The Morgan fingerprint density at radius 1 is 1.44 bits per heavy atom. The lowest BCUT2D eigenvalue weighted by Crippen LogP contribution is -2.50. The van der Waals surface area contributed by atoms with Crippen LogP contribution in [0.1, 0.15) is 47.0 Å².